The highest BCUT2D eigenvalue weighted by atomic mass is 14.7. The summed E-state index contributed by atoms with van der Waals surface area (Å²) in [5.41, 5.74) is 23.9. The minimum absolute atomic E-state index is 0. The maximum absolute atomic E-state index is 7.01. The number of rotatable bonds is 4. The maximum atomic E-state index is 7.01. The fourth-order valence-electron chi connectivity index (χ4n) is 2.47. The topological polar surface area (TPSA) is 199 Å². The second-order valence-corrected chi connectivity index (χ2v) is 7.12. The Morgan fingerprint density at radius 3 is 0.541 bits per heavy atom. The van der Waals surface area contributed by atoms with Gasteiger partial charge in [-0.15, -0.1) is 0 Å². The third kappa shape index (κ3) is 13.9. The van der Waals surface area contributed by atoms with Crippen LogP contribution in [0.25, 0.3) is 0 Å². The summed E-state index contributed by atoms with van der Waals surface area (Å²) in [5.74, 6) is 0.484. The molecular weight excluding hydrogens is 460 g/mol. The van der Waals surface area contributed by atoms with Crippen molar-refractivity contribution >= 4 is 23.3 Å². The molecule has 0 aromatic heterocycles. The van der Waals surface area contributed by atoms with Crippen molar-refractivity contribution in [1.29, 1.82) is 21.6 Å². The summed E-state index contributed by atoms with van der Waals surface area (Å²) in [6.45, 7) is 0. The van der Waals surface area contributed by atoms with Crippen LogP contribution >= 0.6 is 0 Å². The first-order valence-corrected chi connectivity index (χ1v) is 10.8. The van der Waals surface area contributed by atoms with Crippen molar-refractivity contribution in [2.24, 2.45) is 22.9 Å². The molecule has 37 heavy (non-hydrogen) atoms. The highest BCUT2D eigenvalue weighted by molar-refractivity contribution is 5.96. The molecule has 0 unspecified atom stereocenters. The normalized spacial score (nSPS) is 8.65. The molecule has 4 aromatic rings. The molecule has 0 heterocycles. The summed E-state index contributed by atoms with van der Waals surface area (Å²) in [6.07, 6.45) is 0. The number of hydrogen-bond acceptors (Lipinski definition) is 4. The summed E-state index contributed by atoms with van der Waals surface area (Å²) >= 11 is 0. The maximum Gasteiger partial charge on any atom is 0.122 e. The highest BCUT2D eigenvalue weighted by Crippen LogP contribution is 1.96. The van der Waals surface area contributed by atoms with Gasteiger partial charge in [0.1, 0.15) is 23.3 Å². The van der Waals surface area contributed by atoms with E-state index in [9.17, 15) is 0 Å². The predicted octanol–water partition coefficient (Wildman–Crippen LogP) is 4.52. The largest absolute Gasteiger partial charge is 0.384 e. The zero-order valence-electron chi connectivity index (χ0n) is 19.9. The minimum Gasteiger partial charge on any atom is -0.384 e. The fraction of sp³-hybridized carbons (Fsp3) is 0.0345. The van der Waals surface area contributed by atoms with Gasteiger partial charge >= 0.3 is 0 Å². The zero-order chi connectivity index (χ0) is 26.8. The first kappa shape index (κ1) is 31.8. The van der Waals surface area contributed by atoms with Gasteiger partial charge in [0.15, 0.2) is 0 Å². The van der Waals surface area contributed by atoms with Gasteiger partial charge in [0.25, 0.3) is 0 Å². The number of benzene rings is 4. The minimum atomic E-state index is 0. The Labute approximate surface area is 219 Å². The van der Waals surface area contributed by atoms with E-state index in [1.54, 1.807) is 0 Å². The first-order chi connectivity index (χ1) is 17.2. The monoisotopic (exact) mass is 496 g/mol. The number of nitrogen functional groups attached to an aromatic ring is 4. The summed E-state index contributed by atoms with van der Waals surface area (Å²) in [4.78, 5) is 0. The molecule has 192 valence electrons. The van der Waals surface area contributed by atoms with E-state index < -0.39 is 0 Å². The van der Waals surface area contributed by atoms with Gasteiger partial charge in [-0.2, -0.15) is 0 Å². The molecule has 0 saturated carbocycles. The lowest BCUT2D eigenvalue weighted by molar-refractivity contribution is 1.42. The van der Waals surface area contributed by atoms with E-state index in [0.717, 1.165) is 22.3 Å². The van der Waals surface area contributed by atoms with Crippen LogP contribution in [0.2, 0.25) is 0 Å². The van der Waals surface area contributed by atoms with E-state index in [-0.39, 0.29) is 30.8 Å². The van der Waals surface area contributed by atoms with Gasteiger partial charge in [-0.1, -0.05) is 129 Å². The lowest BCUT2D eigenvalue weighted by atomic mass is 10.2. The Morgan fingerprint density at radius 1 is 0.324 bits per heavy atom. The Hall–Kier alpha value is -5.24. The lowest BCUT2D eigenvalue weighted by Gasteiger charge is -1.93. The van der Waals surface area contributed by atoms with Crippen molar-refractivity contribution in [2.75, 3.05) is 0 Å². The van der Waals surface area contributed by atoms with Crippen LogP contribution in [0.3, 0.4) is 0 Å². The molecule has 4 aromatic carbocycles. The lowest BCUT2D eigenvalue weighted by Crippen LogP contribution is -2.10. The van der Waals surface area contributed by atoms with E-state index in [0.29, 0.717) is 0 Å². The van der Waals surface area contributed by atoms with Crippen LogP contribution in [0.15, 0.2) is 121 Å². The molecule has 0 aliphatic carbocycles. The van der Waals surface area contributed by atoms with Crippen LogP contribution in [0.5, 0.6) is 0 Å². The highest BCUT2D eigenvalue weighted by Gasteiger charge is 1.91. The van der Waals surface area contributed by atoms with Crippen molar-refractivity contribution in [3.63, 3.8) is 0 Å². The molecule has 0 amide bonds. The van der Waals surface area contributed by atoms with Gasteiger partial charge in [0.2, 0.25) is 0 Å². The molecule has 0 aliphatic rings. The molecule has 0 saturated heterocycles. The van der Waals surface area contributed by atoms with E-state index in [1.165, 1.54) is 0 Å². The number of nitrogens with two attached hydrogens (primary N) is 4. The Morgan fingerprint density at radius 2 is 0.459 bits per heavy atom. The van der Waals surface area contributed by atoms with Gasteiger partial charge in [-0.25, -0.2) is 0 Å². The van der Waals surface area contributed by atoms with Crippen LogP contribution in [0.4, 0.5) is 0 Å². The van der Waals surface area contributed by atoms with Crippen molar-refractivity contribution in [2.45, 2.75) is 7.43 Å². The van der Waals surface area contributed by atoms with Crippen LogP contribution < -0.4 is 22.9 Å². The van der Waals surface area contributed by atoms with Crippen molar-refractivity contribution in [3.8, 4) is 0 Å². The van der Waals surface area contributed by atoms with Crippen molar-refractivity contribution in [1.82, 2.24) is 0 Å². The van der Waals surface area contributed by atoms with Gasteiger partial charge < -0.3 is 22.9 Å². The number of amidine groups is 4. The van der Waals surface area contributed by atoms with Crippen LogP contribution in [0.1, 0.15) is 29.7 Å². The molecule has 0 aliphatic heterocycles. The van der Waals surface area contributed by atoms with Gasteiger partial charge in [-0.05, 0) is 0 Å². The smallest absolute Gasteiger partial charge is 0.122 e. The van der Waals surface area contributed by atoms with E-state index in [4.69, 9.17) is 44.6 Å². The summed E-state index contributed by atoms with van der Waals surface area (Å²) < 4.78 is 0. The van der Waals surface area contributed by atoms with Gasteiger partial charge in [0, 0.05) is 22.3 Å². The molecule has 12 N–H and O–H groups in total. The Bertz CT molecular complexity index is 1010. The van der Waals surface area contributed by atoms with Crippen LogP contribution in [-0.2, 0) is 0 Å². The molecule has 0 bridgehead atoms. The molecule has 8 nitrogen and oxygen atoms in total. The molecule has 0 atom stereocenters. The average Bonchev–Trinajstić information content (AvgIpc) is 2.92. The molecular formula is C29H36N8. The Kier molecular flexibility index (Phi) is 15.6. The quantitative estimate of drug-likeness (QED) is 0.152. The van der Waals surface area contributed by atoms with Gasteiger partial charge in [-0.3, -0.25) is 21.6 Å². The number of hydrogen-bond donors (Lipinski definition) is 8. The summed E-state index contributed by atoms with van der Waals surface area (Å²) in [6, 6.07) is 36.9. The Balaban J connectivity index is 0.000000463. The van der Waals surface area contributed by atoms with Gasteiger partial charge in [0.05, 0.1) is 0 Å². The van der Waals surface area contributed by atoms with Crippen molar-refractivity contribution in [3.05, 3.63) is 144 Å². The fourth-order valence-corrected chi connectivity index (χ4v) is 2.47. The number of nitrogens with one attached hydrogen (secondary N) is 4. The second-order valence-electron chi connectivity index (χ2n) is 7.12. The summed E-state index contributed by atoms with van der Waals surface area (Å²) in [7, 11) is 0. The van der Waals surface area contributed by atoms with E-state index >= 15 is 0 Å². The van der Waals surface area contributed by atoms with Crippen LogP contribution in [-0.4, -0.2) is 23.3 Å². The molecule has 0 radical (unpaired) electrons. The zero-order valence-corrected chi connectivity index (χ0v) is 19.9. The first-order valence-electron chi connectivity index (χ1n) is 10.8. The average molecular weight is 497 g/mol. The van der Waals surface area contributed by atoms with Crippen molar-refractivity contribution < 1.29 is 0 Å². The van der Waals surface area contributed by atoms with E-state index in [1.807, 2.05) is 121 Å². The standard InChI is InChI=1S/4C7H8N2.CH4/c4*8-7(9)6-4-2-1-3-5-6;/h4*1-5H,(H3,8,9);1H4. The predicted molar refractivity (Wildman–Crippen MR) is 157 cm³/mol. The molecule has 0 fully saturated rings. The van der Waals surface area contributed by atoms with E-state index in [2.05, 4.69) is 0 Å². The summed E-state index contributed by atoms with van der Waals surface area (Å²) in [5, 5.41) is 28.1. The third-order valence-electron chi connectivity index (χ3n) is 4.34. The second kappa shape index (κ2) is 18.1. The molecule has 4 rings (SSSR count). The SMILES string of the molecule is C.N=C(N)c1ccccc1.N=C(N)c1ccccc1.N=C(N)c1ccccc1.N=C(N)c1ccccc1. The van der Waals surface area contributed by atoms with Crippen LogP contribution in [0, 0.1) is 21.6 Å². The molecule has 0 spiro atoms. The molecule has 8 heteroatoms. The third-order valence-corrected chi connectivity index (χ3v) is 4.34.